The molecule has 3 aliphatic carbocycles. The summed E-state index contributed by atoms with van der Waals surface area (Å²) < 4.78 is 11.4. The first-order valence-electron chi connectivity index (χ1n) is 5.19. The van der Waals surface area contributed by atoms with Crippen LogP contribution in [0.15, 0.2) is 12.2 Å². The summed E-state index contributed by atoms with van der Waals surface area (Å²) in [5.74, 6) is 2.00. The van der Waals surface area contributed by atoms with Gasteiger partial charge in [-0.15, -0.1) is 0 Å². The predicted octanol–water partition coefficient (Wildman–Crippen LogP) is 1.61. The topological polar surface area (TPSA) is 18.5 Å². The molecule has 0 aromatic rings. The normalized spacial score (nSPS) is 55.5. The molecule has 2 fully saturated rings. The van der Waals surface area contributed by atoms with Crippen LogP contribution in [0.25, 0.3) is 0 Å². The average Bonchev–Trinajstić information content (AvgIpc) is 2.51. The van der Waals surface area contributed by atoms with Crippen LogP contribution in [0.1, 0.15) is 13.3 Å². The van der Waals surface area contributed by atoms with Crippen molar-refractivity contribution in [1.82, 2.24) is 0 Å². The van der Waals surface area contributed by atoms with E-state index in [2.05, 4.69) is 19.1 Å². The van der Waals surface area contributed by atoms with Gasteiger partial charge in [0, 0.05) is 31.5 Å². The first-order chi connectivity index (χ1) is 6.34. The van der Waals surface area contributed by atoms with E-state index in [1.807, 2.05) is 7.11 Å². The highest BCUT2D eigenvalue weighted by molar-refractivity contribution is 5.37. The van der Waals surface area contributed by atoms with Crippen LogP contribution in [0.5, 0.6) is 0 Å². The fraction of sp³-hybridized carbons (Fsp3) is 0.818. The molecule has 0 spiro atoms. The van der Waals surface area contributed by atoms with Crippen LogP contribution in [-0.2, 0) is 9.47 Å². The Morgan fingerprint density at radius 2 is 2.15 bits per heavy atom. The van der Waals surface area contributed by atoms with Crippen molar-refractivity contribution in [2.24, 2.45) is 17.8 Å². The molecule has 13 heavy (non-hydrogen) atoms. The SMILES string of the molecule is CCO[C@@H]1C[C@H]2[C@H]3C=C[C@@H]1C32OC. The molecule has 2 saturated carbocycles. The highest BCUT2D eigenvalue weighted by atomic mass is 16.5. The molecule has 3 aliphatic rings. The molecule has 2 nitrogen and oxygen atoms in total. The highest BCUT2D eigenvalue weighted by Gasteiger charge is 2.76. The summed E-state index contributed by atoms with van der Waals surface area (Å²) >= 11 is 0. The summed E-state index contributed by atoms with van der Waals surface area (Å²) in [6, 6.07) is 0. The van der Waals surface area contributed by atoms with Gasteiger partial charge >= 0.3 is 0 Å². The Hall–Kier alpha value is -0.340. The third-order valence-electron chi connectivity index (χ3n) is 4.09. The first kappa shape index (κ1) is 8.01. The van der Waals surface area contributed by atoms with E-state index in [0.717, 1.165) is 12.5 Å². The number of rotatable bonds is 3. The summed E-state index contributed by atoms with van der Waals surface area (Å²) in [6.07, 6.45) is 6.25. The van der Waals surface area contributed by atoms with Gasteiger partial charge in [0.2, 0.25) is 0 Å². The number of methoxy groups -OCH3 is 1. The second-order valence-corrected chi connectivity index (χ2v) is 4.33. The minimum absolute atomic E-state index is 0.167. The maximum absolute atomic E-state index is 5.73. The van der Waals surface area contributed by atoms with Crippen LogP contribution < -0.4 is 0 Å². The van der Waals surface area contributed by atoms with Gasteiger partial charge in [0.25, 0.3) is 0 Å². The van der Waals surface area contributed by atoms with E-state index >= 15 is 0 Å². The van der Waals surface area contributed by atoms with Gasteiger partial charge in [-0.3, -0.25) is 0 Å². The number of fused-ring (bicyclic) bond motifs is 1. The minimum Gasteiger partial charge on any atom is -0.378 e. The summed E-state index contributed by atoms with van der Waals surface area (Å²) in [5.41, 5.74) is 0.167. The summed E-state index contributed by atoms with van der Waals surface area (Å²) in [4.78, 5) is 0. The maximum Gasteiger partial charge on any atom is 0.0867 e. The van der Waals surface area contributed by atoms with Crippen LogP contribution in [0, 0.1) is 17.8 Å². The zero-order valence-electron chi connectivity index (χ0n) is 8.19. The van der Waals surface area contributed by atoms with Crippen molar-refractivity contribution in [3.05, 3.63) is 12.2 Å². The molecule has 0 aromatic heterocycles. The Kier molecular flexibility index (Phi) is 1.46. The van der Waals surface area contributed by atoms with Crippen molar-refractivity contribution in [1.29, 1.82) is 0 Å². The number of hydrogen-bond donors (Lipinski definition) is 0. The summed E-state index contributed by atoms with van der Waals surface area (Å²) in [5, 5.41) is 0. The van der Waals surface area contributed by atoms with E-state index < -0.39 is 0 Å². The standard InChI is InChI=1S/C11H16O2/c1-3-13-10-6-9-7-4-5-8(10)11(7,9)12-2/h4-5,7-10H,3,6H2,1-2H3/t7-,8+,9+,10-,11?/m1/s1. The fourth-order valence-electron chi connectivity index (χ4n) is 3.58. The molecule has 0 amide bonds. The van der Waals surface area contributed by atoms with Gasteiger partial charge in [-0.25, -0.2) is 0 Å². The summed E-state index contributed by atoms with van der Waals surface area (Å²) in [7, 11) is 1.85. The minimum atomic E-state index is 0.167. The zero-order valence-corrected chi connectivity index (χ0v) is 8.19. The maximum atomic E-state index is 5.73. The van der Waals surface area contributed by atoms with Gasteiger partial charge in [-0.2, -0.15) is 0 Å². The third kappa shape index (κ3) is 0.728. The van der Waals surface area contributed by atoms with Crippen molar-refractivity contribution in [3.63, 3.8) is 0 Å². The molecule has 0 aromatic carbocycles. The molecule has 0 bridgehead atoms. The molecule has 0 aliphatic heterocycles. The van der Waals surface area contributed by atoms with Crippen LogP contribution in [0.3, 0.4) is 0 Å². The molecule has 2 heteroatoms. The lowest BCUT2D eigenvalue weighted by Gasteiger charge is -2.23. The molecule has 1 unspecified atom stereocenters. The first-order valence-corrected chi connectivity index (χ1v) is 5.19. The Balaban J connectivity index is 1.84. The van der Waals surface area contributed by atoms with Crippen molar-refractivity contribution in [2.45, 2.75) is 25.0 Å². The molecule has 0 saturated heterocycles. The van der Waals surface area contributed by atoms with E-state index in [1.165, 1.54) is 6.42 Å². The quantitative estimate of drug-likeness (QED) is 0.614. The highest BCUT2D eigenvalue weighted by Crippen LogP contribution is 2.70. The van der Waals surface area contributed by atoms with Crippen LogP contribution in [-0.4, -0.2) is 25.4 Å². The van der Waals surface area contributed by atoms with E-state index in [1.54, 1.807) is 0 Å². The second-order valence-electron chi connectivity index (χ2n) is 4.33. The third-order valence-corrected chi connectivity index (χ3v) is 4.09. The van der Waals surface area contributed by atoms with Gasteiger partial charge in [-0.05, 0) is 13.3 Å². The zero-order chi connectivity index (χ0) is 9.05. The molecular formula is C11H16O2. The average molecular weight is 180 g/mol. The lowest BCUT2D eigenvalue weighted by molar-refractivity contribution is -0.0169. The largest absolute Gasteiger partial charge is 0.378 e. The van der Waals surface area contributed by atoms with Gasteiger partial charge in [0.05, 0.1) is 11.7 Å². The van der Waals surface area contributed by atoms with Crippen LogP contribution >= 0.6 is 0 Å². The van der Waals surface area contributed by atoms with Gasteiger partial charge in [-0.1, -0.05) is 12.2 Å². The van der Waals surface area contributed by atoms with E-state index in [0.29, 0.717) is 17.9 Å². The monoisotopic (exact) mass is 180 g/mol. The molecule has 0 N–H and O–H groups in total. The number of ether oxygens (including phenoxy) is 2. The summed E-state index contributed by atoms with van der Waals surface area (Å²) in [6.45, 7) is 2.89. The Bertz CT molecular complexity index is 261. The Labute approximate surface area is 78.9 Å². The lowest BCUT2D eigenvalue weighted by atomic mass is 10.0. The smallest absolute Gasteiger partial charge is 0.0867 e. The van der Waals surface area contributed by atoms with Crippen LogP contribution in [0.2, 0.25) is 0 Å². The molecule has 3 rings (SSSR count). The van der Waals surface area contributed by atoms with E-state index in [4.69, 9.17) is 9.47 Å². The fourth-order valence-corrected chi connectivity index (χ4v) is 3.58. The van der Waals surface area contributed by atoms with Crippen LogP contribution in [0.4, 0.5) is 0 Å². The molecule has 0 heterocycles. The van der Waals surface area contributed by atoms with Gasteiger partial charge in [0.1, 0.15) is 0 Å². The lowest BCUT2D eigenvalue weighted by Crippen LogP contribution is -2.29. The van der Waals surface area contributed by atoms with Crippen molar-refractivity contribution in [2.75, 3.05) is 13.7 Å². The Morgan fingerprint density at radius 1 is 1.38 bits per heavy atom. The number of hydrogen-bond acceptors (Lipinski definition) is 2. The predicted molar refractivity (Wildman–Crippen MR) is 49.4 cm³/mol. The Morgan fingerprint density at radius 3 is 2.77 bits per heavy atom. The molecular weight excluding hydrogens is 164 g/mol. The van der Waals surface area contributed by atoms with Crippen molar-refractivity contribution in [3.8, 4) is 0 Å². The molecule has 0 radical (unpaired) electrons. The van der Waals surface area contributed by atoms with E-state index in [-0.39, 0.29) is 5.60 Å². The van der Waals surface area contributed by atoms with E-state index in [9.17, 15) is 0 Å². The van der Waals surface area contributed by atoms with Crippen molar-refractivity contribution >= 4 is 0 Å². The van der Waals surface area contributed by atoms with Gasteiger partial charge < -0.3 is 9.47 Å². The van der Waals surface area contributed by atoms with Gasteiger partial charge in [0.15, 0.2) is 0 Å². The second kappa shape index (κ2) is 2.37. The molecule has 72 valence electrons. The van der Waals surface area contributed by atoms with Crippen molar-refractivity contribution < 1.29 is 9.47 Å². The molecule has 5 atom stereocenters.